The SMILES string of the molecule is Cc1nc(CCCC(=O)NC2CCNC2)cs1. The quantitative estimate of drug-likeness (QED) is 0.830. The van der Waals surface area contributed by atoms with Crippen LogP contribution in [0.2, 0.25) is 0 Å². The van der Waals surface area contributed by atoms with Crippen molar-refractivity contribution in [1.82, 2.24) is 15.6 Å². The van der Waals surface area contributed by atoms with E-state index in [4.69, 9.17) is 0 Å². The minimum absolute atomic E-state index is 0.172. The largest absolute Gasteiger partial charge is 0.352 e. The van der Waals surface area contributed by atoms with Crippen molar-refractivity contribution in [2.75, 3.05) is 13.1 Å². The van der Waals surface area contributed by atoms with E-state index < -0.39 is 0 Å². The Kier molecular flexibility index (Phi) is 4.50. The summed E-state index contributed by atoms with van der Waals surface area (Å²) in [6, 6.07) is 0.337. The number of aromatic nitrogens is 1. The van der Waals surface area contributed by atoms with Crippen molar-refractivity contribution in [3.63, 3.8) is 0 Å². The summed E-state index contributed by atoms with van der Waals surface area (Å²) < 4.78 is 0. The van der Waals surface area contributed by atoms with Crippen LogP contribution < -0.4 is 10.6 Å². The zero-order valence-corrected chi connectivity index (χ0v) is 11.0. The third-order valence-corrected chi connectivity index (χ3v) is 3.75. The first-order chi connectivity index (χ1) is 8.24. The molecule has 0 spiro atoms. The monoisotopic (exact) mass is 253 g/mol. The highest BCUT2D eigenvalue weighted by atomic mass is 32.1. The van der Waals surface area contributed by atoms with Crippen molar-refractivity contribution < 1.29 is 4.79 Å². The van der Waals surface area contributed by atoms with Crippen LogP contribution in [0.25, 0.3) is 0 Å². The average molecular weight is 253 g/mol. The lowest BCUT2D eigenvalue weighted by atomic mass is 10.2. The molecule has 1 aliphatic rings. The smallest absolute Gasteiger partial charge is 0.220 e. The lowest BCUT2D eigenvalue weighted by Crippen LogP contribution is -2.36. The molecule has 0 aliphatic carbocycles. The molecule has 1 atom stereocenters. The number of aryl methyl sites for hydroxylation is 2. The van der Waals surface area contributed by atoms with E-state index in [1.165, 1.54) is 0 Å². The molecule has 1 saturated heterocycles. The highest BCUT2D eigenvalue weighted by molar-refractivity contribution is 7.09. The molecule has 17 heavy (non-hydrogen) atoms. The van der Waals surface area contributed by atoms with Gasteiger partial charge in [0.25, 0.3) is 0 Å². The van der Waals surface area contributed by atoms with E-state index >= 15 is 0 Å². The molecule has 0 aromatic carbocycles. The molecule has 0 radical (unpaired) electrons. The Hall–Kier alpha value is -0.940. The molecule has 2 heterocycles. The van der Waals surface area contributed by atoms with Crippen LogP contribution in [0.5, 0.6) is 0 Å². The van der Waals surface area contributed by atoms with Crippen LogP contribution in [-0.4, -0.2) is 30.0 Å². The maximum absolute atomic E-state index is 11.6. The van der Waals surface area contributed by atoms with Crippen LogP contribution in [-0.2, 0) is 11.2 Å². The van der Waals surface area contributed by atoms with Crippen molar-refractivity contribution in [3.8, 4) is 0 Å². The first-order valence-electron chi connectivity index (χ1n) is 6.15. The molecule has 1 aliphatic heterocycles. The third-order valence-electron chi connectivity index (χ3n) is 2.93. The Morgan fingerprint density at radius 2 is 2.59 bits per heavy atom. The molecule has 94 valence electrons. The predicted molar refractivity (Wildman–Crippen MR) is 69.2 cm³/mol. The van der Waals surface area contributed by atoms with Gasteiger partial charge < -0.3 is 10.6 Å². The molecule has 1 aromatic rings. The van der Waals surface area contributed by atoms with E-state index in [0.717, 1.165) is 43.1 Å². The van der Waals surface area contributed by atoms with Crippen LogP contribution in [0, 0.1) is 6.92 Å². The van der Waals surface area contributed by atoms with Crippen LogP contribution in [0.15, 0.2) is 5.38 Å². The van der Waals surface area contributed by atoms with Crippen molar-refractivity contribution in [2.24, 2.45) is 0 Å². The Labute approximate surface area is 106 Å². The fraction of sp³-hybridized carbons (Fsp3) is 0.667. The number of rotatable bonds is 5. The summed E-state index contributed by atoms with van der Waals surface area (Å²) in [6.07, 6.45) is 3.44. The lowest BCUT2D eigenvalue weighted by molar-refractivity contribution is -0.121. The minimum atomic E-state index is 0.172. The van der Waals surface area contributed by atoms with Gasteiger partial charge in [-0.2, -0.15) is 0 Å². The van der Waals surface area contributed by atoms with Gasteiger partial charge in [0.2, 0.25) is 5.91 Å². The molecule has 1 aromatic heterocycles. The van der Waals surface area contributed by atoms with E-state index in [0.29, 0.717) is 12.5 Å². The highest BCUT2D eigenvalue weighted by Crippen LogP contribution is 2.10. The van der Waals surface area contributed by atoms with E-state index in [-0.39, 0.29) is 5.91 Å². The number of hydrogen-bond acceptors (Lipinski definition) is 4. The first-order valence-corrected chi connectivity index (χ1v) is 7.03. The predicted octanol–water partition coefficient (Wildman–Crippen LogP) is 1.25. The van der Waals surface area contributed by atoms with Crippen LogP contribution in [0.3, 0.4) is 0 Å². The second-order valence-corrected chi connectivity index (χ2v) is 5.53. The van der Waals surface area contributed by atoms with Gasteiger partial charge in [0.15, 0.2) is 0 Å². The zero-order valence-electron chi connectivity index (χ0n) is 10.2. The van der Waals surface area contributed by atoms with Crippen molar-refractivity contribution in [2.45, 2.75) is 38.6 Å². The Balaban J connectivity index is 1.62. The third kappa shape index (κ3) is 4.09. The molecule has 1 unspecified atom stereocenters. The minimum Gasteiger partial charge on any atom is -0.352 e. The highest BCUT2D eigenvalue weighted by Gasteiger charge is 2.16. The summed E-state index contributed by atoms with van der Waals surface area (Å²) >= 11 is 1.67. The second-order valence-electron chi connectivity index (χ2n) is 4.47. The number of thiazole rings is 1. The molecule has 5 heteroatoms. The zero-order chi connectivity index (χ0) is 12.1. The molecule has 2 N–H and O–H groups in total. The maximum atomic E-state index is 11.6. The van der Waals surface area contributed by atoms with E-state index in [1.54, 1.807) is 11.3 Å². The van der Waals surface area contributed by atoms with Crippen molar-refractivity contribution in [3.05, 3.63) is 16.1 Å². The summed E-state index contributed by atoms with van der Waals surface area (Å²) in [5, 5.41) is 9.47. The Bertz CT molecular complexity index is 372. The molecular weight excluding hydrogens is 234 g/mol. The van der Waals surface area contributed by atoms with Gasteiger partial charge in [-0.15, -0.1) is 11.3 Å². The normalized spacial score (nSPS) is 19.5. The first kappa shape index (κ1) is 12.5. The number of nitrogens with zero attached hydrogens (tertiary/aromatic N) is 1. The number of amides is 1. The number of nitrogens with one attached hydrogen (secondary N) is 2. The fourth-order valence-electron chi connectivity index (χ4n) is 2.03. The summed E-state index contributed by atoms with van der Waals surface area (Å²) in [4.78, 5) is 16.0. The maximum Gasteiger partial charge on any atom is 0.220 e. The van der Waals surface area contributed by atoms with E-state index in [1.807, 2.05) is 6.92 Å². The Morgan fingerprint density at radius 1 is 1.71 bits per heavy atom. The van der Waals surface area contributed by atoms with Crippen molar-refractivity contribution >= 4 is 17.2 Å². The number of carbonyl (C=O) groups is 1. The number of carbonyl (C=O) groups excluding carboxylic acids is 1. The average Bonchev–Trinajstić information content (AvgIpc) is 2.90. The summed E-state index contributed by atoms with van der Waals surface area (Å²) in [5.41, 5.74) is 1.11. The number of hydrogen-bond donors (Lipinski definition) is 2. The van der Waals surface area contributed by atoms with Gasteiger partial charge >= 0.3 is 0 Å². The van der Waals surface area contributed by atoms with Gasteiger partial charge in [0.05, 0.1) is 10.7 Å². The van der Waals surface area contributed by atoms with E-state index in [2.05, 4.69) is 21.0 Å². The molecule has 0 bridgehead atoms. The molecule has 1 fully saturated rings. The van der Waals surface area contributed by atoms with Gasteiger partial charge in [-0.1, -0.05) is 0 Å². The van der Waals surface area contributed by atoms with Gasteiger partial charge in [-0.3, -0.25) is 4.79 Å². The molecule has 1 amide bonds. The fourth-order valence-corrected chi connectivity index (χ4v) is 2.68. The van der Waals surface area contributed by atoms with Gasteiger partial charge in [-0.05, 0) is 32.7 Å². The second kappa shape index (κ2) is 6.12. The topological polar surface area (TPSA) is 54.0 Å². The standard InChI is InChI=1S/C12H19N3OS/c1-9-14-11(8-17-9)3-2-4-12(16)15-10-5-6-13-7-10/h8,10,13H,2-7H2,1H3,(H,15,16). The lowest BCUT2D eigenvalue weighted by Gasteiger charge is -2.10. The molecular formula is C12H19N3OS. The summed E-state index contributed by atoms with van der Waals surface area (Å²) in [6.45, 7) is 3.94. The Morgan fingerprint density at radius 3 is 3.24 bits per heavy atom. The summed E-state index contributed by atoms with van der Waals surface area (Å²) in [5.74, 6) is 0.172. The van der Waals surface area contributed by atoms with Gasteiger partial charge in [-0.25, -0.2) is 4.98 Å². The van der Waals surface area contributed by atoms with Crippen LogP contribution >= 0.6 is 11.3 Å². The summed E-state index contributed by atoms with van der Waals surface area (Å²) in [7, 11) is 0. The molecule has 4 nitrogen and oxygen atoms in total. The van der Waals surface area contributed by atoms with E-state index in [9.17, 15) is 4.79 Å². The van der Waals surface area contributed by atoms with Gasteiger partial charge in [0.1, 0.15) is 0 Å². The molecule has 2 rings (SSSR count). The van der Waals surface area contributed by atoms with Crippen LogP contribution in [0.1, 0.15) is 30.0 Å². The van der Waals surface area contributed by atoms with Crippen LogP contribution in [0.4, 0.5) is 0 Å². The molecule has 0 saturated carbocycles. The van der Waals surface area contributed by atoms with Gasteiger partial charge in [0, 0.05) is 24.4 Å². The van der Waals surface area contributed by atoms with Crippen molar-refractivity contribution in [1.29, 1.82) is 0 Å².